The highest BCUT2D eigenvalue weighted by Crippen LogP contribution is 2.21. The molecule has 0 aliphatic heterocycles. The van der Waals surface area contributed by atoms with Crippen molar-refractivity contribution in [2.75, 3.05) is 13.4 Å². The molecule has 0 atom stereocenters. The Kier molecular flexibility index (Phi) is 3.67. The minimum Gasteiger partial charge on any atom is -0.496 e. The summed E-state index contributed by atoms with van der Waals surface area (Å²) in [6, 6.07) is 4.73. The fourth-order valence-corrected chi connectivity index (χ4v) is 1.72. The number of ketones is 1. The van der Waals surface area contributed by atoms with Crippen molar-refractivity contribution in [3.63, 3.8) is 0 Å². The Bertz CT molecular complexity index is 575. The molecule has 5 nitrogen and oxygen atoms in total. The van der Waals surface area contributed by atoms with E-state index in [0.717, 1.165) is 11.8 Å². The second kappa shape index (κ2) is 4.67. The molecule has 0 bridgehead atoms. The molecule has 1 N–H and O–H groups in total. The van der Waals surface area contributed by atoms with Gasteiger partial charge in [-0.25, -0.2) is 8.42 Å². The van der Waals surface area contributed by atoms with Crippen molar-refractivity contribution in [3.8, 4) is 5.75 Å². The number of Topliss-reactive ketones (excluding diaryl/α,β-unsaturated/α-hetero) is 1. The van der Waals surface area contributed by atoms with Crippen LogP contribution in [0.25, 0.3) is 0 Å². The highest BCUT2D eigenvalue weighted by Gasteiger charge is 2.24. The number of nitrogens with one attached hydrogen (secondary N) is 1. The molecule has 0 aromatic heterocycles. The summed E-state index contributed by atoms with van der Waals surface area (Å²) in [5, 5.41) is 6.39. The summed E-state index contributed by atoms with van der Waals surface area (Å²) in [7, 11) is -2.42. The molecule has 1 aromatic rings. The maximum absolute atomic E-state index is 11.8. The van der Waals surface area contributed by atoms with E-state index >= 15 is 0 Å². The van der Waals surface area contributed by atoms with Crippen LogP contribution in [0, 0.1) is 12.3 Å². The van der Waals surface area contributed by atoms with Crippen LogP contribution < -0.4 is 4.74 Å². The molecule has 0 aliphatic carbocycles. The van der Waals surface area contributed by atoms with Gasteiger partial charge in [-0.15, -0.1) is 0 Å². The lowest BCUT2D eigenvalue weighted by Gasteiger charge is -2.08. The first-order valence-electron chi connectivity index (χ1n) is 4.75. The van der Waals surface area contributed by atoms with Crippen LogP contribution in [0.5, 0.6) is 5.75 Å². The molecule has 1 aromatic carbocycles. The number of carbonyl (C=O) groups excluding carboxylic acids is 1. The molecule has 0 heterocycles. The molecule has 0 fully saturated rings. The number of benzene rings is 1. The summed E-state index contributed by atoms with van der Waals surface area (Å²) >= 11 is 0. The summed E-state index contributed by atoms with van der Waals surface area (Å²) in [6.45, 7) is 1.82. The third kappa shape index (κ3) is 2.91. The first kappa shape index (κ1) is 13.4. The van der Waals surface area contributed by atoms with Crippen LogP contribution in [0.4, 0.5) is 0 Å². The summed E-state index contributed by atoms with van der Waals surface area (Å²) in [4.78, 5) is 11.8. The minimum absolute atomic E-state index is 0.0773. The number of methoxy groups -OCH3 is 1. The monoisotopic (exact) mass is 255 g/mol. The van der Waals surface area contributed by atoms with Crippen molar-refractivity contribution < 1.29 is 17.9 Å². The fraction of sp³-hybridized carbons (Fsp3) is 0.273. The van der Waals surface area contributed by atoms with Gasteiger partial charge in [0.2, 0.25) is 5.78 Å². The second-order valence-corrected chi connectivity index (χ2v) is 5.59. The van der Waals surface area contributed by atoms with E-state index < -0.39 is 20.7 Å². The highest BCUT2D eigenvalue weighted by atomic mass is 32.2. The molecule has 0 saturated carbocycles. The van der Waals surface area contributed by atoms with Crippen molar-refractivity contribution in [1.29, 1.82) is 5.41 Å². The molecule has 0 aliphatic rings. The third-order valence-corrected chi connectivity index (χ3v) is 3.11. The summed E-state index contributed by atoms with van der Waals surface area (Å²) in [5.41, 5.74) is 0.956. The van der Waals surface area contributed by atoms with Crippen molar-refractivity contribution in [2.24, 2.45) is 0 Å². The Labute approximate surface area is 99.8 Å². The first-order valence-corrected chi connectivity index (χ1v) is 6.64. The Morgan fingerprint density at radius 3 is 2.41 bits per heavy atom. The van der Waals surface area contributed by atoms with Gasteiger partial charge in [-0.1, -0.05) is 6.07 Å². The highest BCUT2D eigenvalue weighted by molar-refractivity contribution is 8.07. The average molecular weight is 255 g/mol. The number of hydrogen-bond acceptors (Lipinski definition) is 5. The molecule has 1 rings (SSSR count). The van der Waals surface area contributed by atoms with Crippen LogP contribution in [0.3, 0.4) is 0 Å². The topological polar surface area (TPSA) is 84.3 Å². The van der Waals surface area contributed by atoms with Gasteiger partial charge in [-0.05, 0) is 24.6 Å². The normalized spacial score (nSPS) is 11.0. The van der Waals surface area contributed by atoms with E-state index in [0.29, 0.717) is 0 Å². The summed E-state index contributed by atoms with van der Waals surface area (Å²) in [5.74, 6) is -0.590. The van der Waals surface area contributed by atoms with Gasteiger partial charge in [0.1, 0.15) is 5.75 Å². The predicted octanol–water partition coefficient (Wildman–Crippen LogP) is 1.21. The number of rotatable bonds is 3. The van der Waals surface area contributed by atoms with Gasteiger partial charge in [0.25, 0.3) is 0 Å². The van der Waals surface area contributed by atoms with Gasteiger partial charge >= 0.3 is 0 Å². The molecule has 0 radical (unpaired) electrons. The smallest absolute Gasteiger partial charge is 0.226 e. The number of carbonyl (C=O) groups is 1. The predicted molar refractivity (Wildman–Crippen MR) is 64.6 cm³/mol. The fourth-order valence-electron chi connectivity index (χ4n) is 1.28. The van der Waals surface area contributed by atoms with Gasteiger partial charge in [0.05, 0.1) is 12.7 Å². The van der Waals surface area contributed by atoms with Gasteiger partial charge in [0, 0.05) is 6.26 Å². The van der Waals surface area contributed by atoms with Gasteiger partial charge in [-0.3, -0.25) is 10.2 Å². The maximum Gasteiger partial charge on any atom is 0.226 e. The lowest BCUT2D eigenvalue weighted by molar-refractivity contribution is 0.106. The molecule has 6 heteroatoms. The number of aryl methyl sites for hydroxylation is 1. The van der Waals surface area contributed by atoms with E-state index in [-0.39, 0.29) is 11.3 Å². The standard InChI is InChI=1S/C11H13NO4S/c1-7-4-5-8(9(6-7)16-2)10(13)11(12)17(3,14)15/h4-6,12H,1-3H3. The lowest BCUT2D eigenvalue weighted by Crippen LogP contribution is -2.22. The van der Waals surface area contributed by atoms with Crippen molar-refractivity contribution in [2.45, 2.75) is 6.92 Å². The van der Waals surface area contributed by atoms with Gasteiger partial charge in [-0.2, -0.15) is 0 Å². The number of ether oxygens (including phenoxy) is 1. The Morgan fingerprint density at radius 2 is 1.94 bits per heavy atom. The van der Waals surface area contributed by atoms with E-state index in [2.05, 4.69) is 0 Å². The Hall–Kier alpha value is -1.69. The summed E-state index contributed by atoms with van der Waals surface area (Å²) < 4.78 is 27.3. The molecule has 0 unspecified atom stereocenters. The third-order valence-electron chi connectivity index (χ3n) is 2.18. The summed E-state index contributed by atoms with van der Waals surface area (Å²) in [6.07, 6.45) is 0.827. The van der Waals surface area contributed by atoms with Crippen LogP contribution in [-0.2, 0) is 9.84 Å². The van der Waals surface area contributed by atoms with Crippen molar-refractivity contribution in [3.05, 3.63) is 29.3 Å². The van der Waals surface area contributed by atoms with Crippen LogP contribution >= 0.6 is 0 Å². The van der Waals surface area contributed by atoms with Crippen LogP contribution in [0.2, 0.25) is 0 Å². The van der Waals surface area contributed by atoms with Gasteiger partial charge < -0.3 is 4.74 Å². The molecular weight excluding hydrogens is 242 g/mol. The number of hydrogen-bond donors (Lipinski definition) is 1. The van der Waals surface area contributed by atoms with Crippen LogP contribution in [0.15, 0.2) is 18.2 Å². The zero-order valence-electron chi connectivity index (χ0n) is 9.77. The number of sulfone groups is 1. The zero-order valence-corrected chi connectivity index (χ0v) is 10.6. The first-order chi connectivity index (χ1) is 7.77. The molecule has 0 spiro atoms. The van der Waals surface area contributed by atoms with E-state index in [1.54, 1.807) is 12.1 Å². The SMILES string of the molecule is COc1cc(C)ccc1C(=O)C(=N)S(C)(=O)=O. The van der Waals surface area contributed by atoms with Crippen LogP contribution in [0.1, 0.15) is 15.9 Å². The van der Waals surface area contributed by atoms with E-state index in [4.69, 9.17) is 10.1 Å². The molecular formula is C11H13NO4S. The van der Waals surface area contributed by atoms with Gasteiger partial charge in [0.15, 0.2) is 14.9 Å². The quantitative estimate of drug-likeness (QED) is 0.500. The lowest BCUT2D eigenvalue weighted by atomic mass is 10.1. The largest absolute Gasteiger partial charge is 0.496 e. The molecule has 92 valence electrons. The van der Waals surface area contributed by atoms with Crippen LogP contribution in [-0.4, -0.2) is 32.6 Å². The Morgan fingerprint density at radius 1 is 1.35 bits per heavy atom. The van der Waals surface area contributed by atoms with Crippen molar-refractivity contribution >= 4 is 20.7 Å². The maximum atomic E-state index is 11.8. The molecule has 0 amide bonds. The average Bonchev–Trinajstić information content (AvgIpc) is 2.25. The van der Waals surface area contributed by atoms with E-state index in [1.807, 2.05) is 6.92 Å². The molecule has 17 heavy (non-hydrogen) atoms. The van der Waals surface area contributed by atoms with Crippen molar-refractivity contribution in [1.82, 2.24) is 0 Å². The Balaban J connectivity index is 3.27. The zero-order chi connectivity index (χ0) is 13.2. The minimum atomic E-state index is -3.81. The van der Waals surface area contributed by atoms with E-state index in [9.17, 15) is 13.2 Å². The van der Waals surface area contributed by atoms with E-state index in [1.165, 1.54) is 13.2 Å². The second-order valence-electron chi connectivity index (χ2n) is 3.63. The molecule has 0 saturated heterocycles.